The quantitative estimate of drug-likeness (QED) is 0.156. The fourth-order valence-electron chi connectivity index (χ4n) is 11.2. The molecule has 0 fully saturated rings. The Morgan fingerprint density at radius 1 is 0.301 bits per heavy atom. The van der Waals surface area contributed by atoms with E-state index in [0.717, 1.165) is 49.7 Å². The molecule has 0 radical (unpaired) electrons. The monoisotopic (exact) mass is 949 g/mol. The van der Waals surface area contributed by atoms with E-state index >= 15 is 0 Å². The van der Waals surface area contributed by atoms with Gasteiger partial charge in [-0.25, -0.2) is 0 Å². The molecular formula is C71H68N2. The van der Waals surface area contributed by atoms with Crippen LogP contribution in [0.2, 0.25) is 0 Å². The highest BCUT2D eigenvalue weighted by Crippen LogP contribution is 2.45. The maximum Gasteiger partial charge on any atom is 0.101 e. The number of fused-ring (bicyclic) bond motifs is 3. The predicted octanol–water partition coefficient (Wildman–Crippen LogP) is 19.8. The molecule has 2 nitrogen and oxygen atoms in total. The van der Waals surface area contributed by atoms with Crippen LogP contribution in [0, 0.1) is 11.3 Å². The average Bonchev–Trinajstić information content (AvgIpc) is 3.70. The number of hydrogen-bond acceptors (Lipinski definition) is 1. The Morgan fingerprint density at radius 2 is 0.589 bits per heavy atom. The number of nitrogens with zero attached hydrogens (tertiary/aromatic N) is 2. The minimum atomic E-state index is -0.0551. The van der Waals surface area contributed by atoms with Gasteiger partial charge in [-0.15, -0.1) is 0 Å². The van der Waals surface area contributed by atoms with E-state index in [4.69, 9.17) is 0 Å². The second kappa shape index (κ2) is 18.4. The first-order chi connectivity index (χ1) is 34.7. The molecule has 10 aromatic rings. The lowest BCUT2D eigenvalue weighted by molar-refractivity contribution is 0.591. The number of para-hydroxylation sites is 1. The normalized spacial score (nSPS) is 12.4. The highest BCUT2D eigenvalue weighted by Gasteiger charge is 2.25. The van der Waals surface area contributed by atoms with Gasteiger partial charge in [-0.05, 0) is 183 Å². The van der Waals surface area contributed by atoms with E-state index in [2.05, 4.69) is 270 Å². The zero-order valence-corrected chi connectivity index (χ0v) is 44.9. The molecule has 0 saturated heterocycles. The van der Waals surface area contributed by atoms with Crippen LogP contribution in [0.15, 0.2) is 194 Å². The van der Waals surface area contributed by atoms with Gasteiger partial charge in [-0.1, -0.05) is 204 Å². The highest BCUT2D eigenvalue weighted by molar-refractivity contribution is 6.12. The summed E-state index contributed by atoms with van der Waals surface area (Å²) in [6, 6.07) is 74.3. The molecule has 73 heavy (non-hydrogen) atoms. The van der Waals surface area contributed by atoms with Gasteiger partial charge in [0.05, 0.1) is 22.3 Å². The number of nitriles is 1. The van der Waals surface area contributed by atoms with Crippen molar-refractivity contribution < 1.29 is 0 Å². The second-order valence-corrected chi connectivity index (χ2v) is 24.2. The Hall–Kier alpha value is -7.73. The maximum atomic E-state index is 10.5. The Morgan fingerprint density at radius 3 is 0.904 bits per heavy atom. The van der Waals surface area contributed by atoms with E-state index in [1.54, 1.807) is 0 Å². The maximum absolute atomic E-state index is 10.5. The number of rotatable bonds is 7. The molecular weight excluding hydrogens is 881 g/mol. The Bertz CT molecular complexity index is 3410. The molecule has 362 valence electrons. The zero-order valence-electron chi connectivity index (χ0n) is 44.9. The van der Waals surface area contributed by atoms with Gasteiger partial charge in [-0.2, -0.15) is 5.26 Å². The van der Waals surface area contributed by atoms with Crippen LogP contribution in [0.25, 0.3) is 94.3 Å². The van der Waals surface area contributed by atoms with E-state index in [1.807, 2.05) is 18.2 Å². The predicted molar refractivity (Wildman–Crippen MR) is 313 cm³/mol. The zero-order chi connectivity index (χ0) is 51.6. The van der Waals surface area contributed by atoms with Crippen LogP contribution >= 0.6 is 0 Å². The molecule has 0 spiro atoms. The van der Waals surface area contributed by atoms with Crippen molar-refractivity contribution in [1.29, 1.82) is 5.26 Å². The van der Waals surface area contributed by atoms with Crippen molar-refractivity contribution in [1.82, 2.24) is 4.57 Å². The van der Waals surface area contributed by atoms with E-state index in [0.29, 0.717) is 5.56 Å². The first-order valence-electron chi connectivity index (χ1n) is 26.0. The first kappa shape index (κ1) is 48.9. The van der Waals surface area contributed by atoms with Gasteiger partial charge in [0, 0.05) is 10.8 Å². The number of hydrogen-bond donors (Lipinski definition) is 0. The van der Waals surface area contributed by atoms with Gasteiger partial charge >= 0.3 is 0 Å². The summed E-state index contributed by atoms with van der Waals surface area (Å²) in [6.07, 6.45) is 0. The van der Waals surface area contributed by atoms with Crippen LogP contribution in [0.3, 0.4) is 0 Å². The molecule has 0 saturated carbocycles. The average molecular weight is 949 g/mol. The van der Waals surface area contributed by atoms with Crippen LogP contribution in [-0.4, -0.2) is 4.57 Å². The molecule has 0 amide bonds. The van der Waals surface area contributed by atoms with Gasteiger partial charge in [0.15, 0.2) is 0 Å². The summed E-state index contributed by atoms with van der Waals surface area (Å²) < 4.78 is 2.29. The molecule has 0 bridgehead atoms. The van der Waals surface area contributed by atoms with E-state index in [-0.39, 0.29) is 21.7 Å². The SMILES string of the molecule is CC(C)(C)c1ccccc1-c1cc(-c2ccc3c(c2)c2cc(-c4cc(-c5ccccc5C(C)(C)C)cc(-c5ccccc5C(C)(C)C)c4)ccc2n3-c2ccccc2C#N)cc(-c2ccccc2C(C)(C)C)c1. The summed E-state index contributed by atoms with van der Waals surface area (Å²) in [5.41, 5.74) is 23.1. The van der Waals surface area contributed by atoms with Crippen LogP contribution < -0.4 is 0 Å². The van der Waals surface area contributed by atoms with Crippen molar-refractivity contribution in [3.05, 3.63) is 222 Å². The summed E-state index contributed by atoms with van der Waals surface area (Å²) in [4.78, 5) is 0. The van der Waals surface area contributed by atoms with Crippen molar-refractivity contribution in [2.45, 2.75) is 105 Å². The van der Waals surface area contributed by atoms with Gasteiger partial charge in [0.1, 0.15) is 6.07 Å². The van der Waals surface area contributed by atoms with E-state index in [1.165, 1.54) is 66.8 Å². The molecule has 1 aromatic heterocycles. The summed E-state index contributed by atoms with van der Waals surface area (Å²) in [5.74, 6) is 0. The van der Waals surface area contributed by atoms with E-state index < -0.39 is 0 Å². The minimum absolute atomic E-state index is 0.0551. The third-order valence-corrected chi connectivity index (χ3v) is 14.7. The van der Waals surface area contributed by atoms with Gasteiger partial charge in [0.2, 0.25) is 0 Å². The summed E-state index contributed by atoms with van der Waals surface area (Å²) in [7, 11) is 0. The smallest absolute Gasteiger partial charge is 0.101 e. The van der Waals surface area contributed by atoms with Crippen LogP contribution in [0.1, 0.15) is 111 Å². The summed E-state index contributed by atoms with van der Waals surface area (Å²) in [5, 5.41) is 12.8. The Kier molecular flexibility index (Phi) is 12.3. The molecule has 0 aliphatic carbocycles. The minimum Gasteiger partial charge on any atom is -0.308 e. The lowest BCUT2D eigenvalue weighted by Crippen LogP contribution is -2.13. The molecule has 9 aromatic carbocycles. The van der Waals surface area contributed by atoms with Crippen LogP contribution in [-0.2, 0) is 21.7 Å². The first-order valence-corrected chi connectivity index (χ1v) is 26.0. The van der Waals surface area contributed by atoms with Crippen molar-refractivity contribution in [3.63, 3.8) is 0 Å². The molecule has 0 N–H and O–H groups in total. The molecule has 0 unspecified atom stereocenters. The third-order valence-electron chi connectivity index (χ3n) is 14.7. The topological polar surface area (TPSA) is 28.7 Å². The lowest BCUT2D eigenvalue weighted by atomic mass is 9.79. The van der Waals surface area contributed by atoms with Gasteiger partial charge in [0.25, 0.3) is 0 Å². The standard InChI is InChI=1S/C71H68N2/c1-68(2,3)61-28-18-14-24-55(61)51-37-49(38-52(41-51)56-25-15-19-29-62(56)69(4,5)6)46-33-35-66-59(43-46)60-44-47(34-36-67(60)73(66)65-32-22-13-23-48(65)45-72)50-39-53(57-26-16-20-30-63(57)70(7,8)9)42-54(40-50)58-27-17-21-31-64(58)71(10,11)12/h13-44H,1-12H3. The van der Waals surface area contributed by atoms with Crippen LogP contribution in [0.5, 0.6) is 0 Å². The van der Waals surface area contributed by atoms with Gasteiger partial charge < -0.3 is 4.57 Å². The molecule has 0 atom stereocenters. The largest absolute Gasteiger partial charge is 0.308 e. The fourth-order valence-corrected chi connectivity index (χ4v) is 11.2. The fraction of sp³-hybridized carbons (Fsp3) is 0.225. The van der Waals surface area contributed by atoms with E-state index in [9.17, 15) is 5.26 Å². The second-order valence-electron chi connectivity index (χ2n) is 24.2. The number of benzene rings is 9. The van der Waals surface area contributed by atoms with Crippen molar-refractivity contribution in [2.24, 2.45) is 0 Å². The lowest BCUT2D eigenvalue weighted by Gasteiger charge is -2.25. The molecule has 10 rings (SSSR count). The molecule has 0 aliphatic heterocycles. The van der Waals surface area contributed by atoms with Gasteiger partial charge in [-0.3, -0.25) is 0 Å². The van der Waals surface area contributed by atoms with Crippen molar-refractivity contribution in [3.8, 4) is 78.5 Å². The van der Waals surface area contributed by atoms with Crippen LogP contribution in [0.4, 0.5) is 0 Å². The van der Waals surface area contributed by atoms with Crippen molar-refractivity contribution in [2.75, 3.05) is 0 Å². The van der Waals surface area contributed by atoms with Crippen molar-refractivity contribution >= 4 is 21.8 Å². The highest BCUT2D eigenvalue weighted by atomic mass is 15.0. The molecule has 0 aliphatic rings. The summed E-state index contributed by atoms with van der Waals surface area (Å²) >= 11 is 0. The third kappa shape index (κ3) is 9.35. The summed E-state index contributed by atoms with van der Waals surface area (Å²) in [6.45, 7) is 27.7. The Balaban J connectivity index is 1.25. The Labute approximate surface area is 434 Å². The molecule has 1 heterocycles. The number of aromatic nitrogens is 1. The molecule has 2 heteroatoms.